The minimum absolute atomic E-state index is 0.145. The topological polar surface area (TPSA) is 84.3 Å². The number of benzene rings is 2. The second-order valence-corrected chi connectivity index (χ2v) is 8.07. The fourth-order valence-electron chi connectivity index (χ4n) is 3.90. The van der Waals surface area contributed by atoms with Crippen molar-refractivity contribution in [2.45, 2.75) is 0 Å². The monoisotopic (exact) mass is 454 g/mol. The molecule has 4 aromatic rings. The Balaban J connectivity index is 1.25. The van der Waals surface area contributed by atoms with Crippen LogP contribution in [0.1, 0.15) is 10.5 Å². The first-order chi connectivity index (χ1) is 16.7. The number of nitrogens with zero attached hydrogens (tertiary/aromatic N) is 4. The lowest BCUT2D eigenvalue weighted by molar-refractivity contribution is 0.101. The summed E-state index contributed by atoms with van der Waals surface area (Å²) in [5, 5.41) is 6.20. The third-order valence-corrected chi connectivity index (χ3v) is 5.77. The number of carbonyl (C=O) groups is 1. The lowest BCUT2D eigenvalue weighted by atomic mass is 10.1. The van der Waals surface area contributed by atoms with Gasteiger partial charge in [-0.1, -0.05) is 12.1 Å². The van der Waals surface area contributed by atoms with Crippen LogP contribution in [0, 0.1) is 0 Å². The average molecular weight is 455 g/mol. The molecule has 5 rings (SSSR count). The fourth-order valence-corrected chi connectivity index (χ4v) is 3.90. The van der Waals surface area contributed by atoms with E-state index in [1.54, 1.807) is 16.8 Å². The highest BCUT2D eigenvalue weighted by molar-refractivity contribution is 6.03. The van der Waals surface area contributed by atoms with Crippen molar-refractivity contribution in [3.63, 3.8) is 0 Å². The number of morpholine rings is 1. The Hall–Kier alpha value is -4.17. The van der Waals surface area contributed by atoms with Crippen molar-refractivity contribution >= 4 is 28.9 Å². The van der Waals surface area contributed by atoms with Crippen molar-refractivity contribution in [3.05, 3.63) is 84.8 Å². The van der Waals surface area contributed by atoms with Gasteiger partial charge in [-0.2, -0.15) is 0 Å². The summed E-state index contributed by atoms with van der Waals surface area (Å²) in [5.74, 6) is 0.381. The number of hydrogen-bond acceptors (Lipinski definition) is 6. The van der Waals surface area contributed by atoms with E-state index >= 15 is 0 Å². The second-order valence-electron chi connectivity index (χ2n) is 8.07. The second kappa shape index (κ2) is 9.76. The molecule has 0 spiro atoms. The number of aromatic nitrogens is 3. The summed E-state index contributed by atoms with van der Waals surface area (Å²) >= 11 is 0. The van der Waals surface area contributed by atoms with Gasteiger partial charge >= 0.3 is 0 Å². The van der Waals surface area contributed by atoms with Crippen molar-refractivity contribution in [2.24, 2.45) is 7.05 Å². The molecular formula is C26H26N6O2. The van der Waals surface area contributed by atoms with Gasteiger partial charge in [-0.15, -0.1) is 0 Å². The number of aryl methyl sites for hydroxylation is 1. The quantitative estimate of drug-likeness (QED) is 0.452. The first kappa shape index (κ1) is 21.7. The summed E-state index contributed by atoms with van der Waals surface area (Å²) in [6.45, 7) is 3.35. The van der Waals surface area contributed by atoms with E-state index in [1.165, 1.54) is 5.69 Å². The van der Waals surface area contributed by atoms with E-state index in [-0.39, 0.29) is 5.91 Å². The maximum absolute atomic E-state index is 12.4. The van der Waals surface area contributed by atoms with E-state index < -0.39 is 0 Å². The SMILES string of the molecule is Cn1cccc1C(=O)Nc1ccc(-c2ccnc(Nc3ccc(N4CCOCC4)cc3)n2)cc1. The predicted octanol–water partition coefficient (Wildman–Crippen LogP) is 4.31. The highest BCUT2D eigenvalue weighted by atomic mass is 16.5. The highest BCUT2D eigenvalue weighted by Gasteiger charge is 2.12. The molecule has 8 heteroatoms. The predicted molar refractivity (Wildman–Crippen MR) is 134 cm³/mol. The minimum Gasteiger partial charge on any atom is -0.378 e. The zero-order valence-electron chi connectivity index (χ0n) is 18.9. The summed E-state index contributed by atoms with van der Waals surface area (Å²) in [6, 6.07) is 21.4. The van der Waals surface area contributed by atoms with Crippen molar-refractivity contribution in [1.82, 2.24) is 14.5 Å². The largest absolute Gasteiger partial charge is 0.378 e. The van der Waals surface area contributed by atoms with Crippen LogP contribution in [0.3, 0.4) is 0 Å². The smallest absolute Gasteiger partial charge is 0.272 e. The molecule has 172 valence electrons. The van der Waals surface area contributed by atoms with Gasteiger partial charge in [-0.3, -0.25) is 4.79 Å². The molecule has 0 atom stereocenters. The summed E-state index contributed by atoms with van der Waals surface area (Å²) in [7, 11) is 1.84. The van der Waals surface area contributed by atoms with Crippen LogP contribution in [-0.4, -0.2) is 46.7 Å². The van der Waals surface area contributed by atoms with E-state index in [2.05, 4.69) is 37.6 Å². The van der Waals surface area contributed by atoms with Gasteiger partial charge in [0.1, 0.15) is 5.69 Å². The molecule has 1 fully saturated rings. The molecule has 1 amide bonds. The van der Waals surface area contributed by atoms with E-state index in [0.717, 1.165) is 48.9 Å². The van der Waals surface area contributed by atoms with Gasteiger partial charge in [0.2, 0.25) is 5.95 Å². The Bertz CT molecular complexity index is 1260. The Morgan fingerprint density at radius 2 is 1.68 bits per heavy atom. The van der Waals surface area contributed by atoms with Crippen molar-refractivity contribution < 1.29 is 9.53 Å². The van der Waals surface area contributed by atoms with E-state index in [9.17, 15) is 4.79 Å². The molecule has 2 aromatic heterocycles. The van der Waals surface area contributed by atoms with Crippen LogP contribution in [0.15, 0.2) is 79.1 Å². The van der Waals surface area contributed by atoms with Gasteiger partial charge in [0.05, 0.1) is 18.9 Å². The summed E-state index contributed by atoms with van der Waals surface area (Å²) in [4.78, 5) is 23.7. The molecule has 2 aromatic carbocycles. The van der Waals surface area contributed by atoms with Crippen LogP contribution < -0.4 is 15.5 Å². The van der Waals surface area contributed by atoms with E-state index in [4.69, 9.17) is 4.74 Å². The lowest BCUT2D eigenvalue weighted by Gasteiger charge is -2.28. The molecule has 0 radical (unpaired) electrons. The summed E-state index contributed by atoms with van der Waals surface area (Å²) in [5.41, 5.74) is 5.17. The van der Waals surface area contributed by atoms with Crippen molar-refractivity contribution in [3.8, 4) is 11.3 Å². The van der Waals surface area contributed by atoms with Crippen LogP contribution in [0.5, 0.6) is 0 Å². The molecule has 1 saturated heterocycles. The summed E-state index contributed by atoms with van der Waals surface area (Å²) < 4.78 is 7.21. The van der Waals surface area contributed by atoms with Gasteiger partial charge in [-0.25, -0.2) is 9.97 Å². The molecule has 0 saturated carbocycles. The van der Waals surface area contributed by atoms with Crippen LogP contribution in [0.4, 0.5) is 23.0 Å². The zero-order chi connectivity index (χ0) is 23.3. The maximum atomic E-state index is 12.4. The molecule has 0 bridgehead atoms. The first-order valence-corrected chi connectivity index (χ1v) is 11.2. The van der Waals surface area contributed by atoms with Crippen LogP contribution >= 0.6 is 0 Å². The van der Waals surface area contributed by atoms with Gasteiger partial charge in [0, 0.05) is 55.2 Å². The molecule has 1 aliphatic rings. The number of hydrogen-bond donors (Lipinski definition) is 2. The van der Waals surface area contributed by atoms with Crippen LogP contribution in [-0.2, 0) is 11.8 Å². The number of carbonyl (C=O) groups excluding carboxylic acids is 1. The number of anilines is 4. The summed E-state index contributed by atoms with van der Waals surface area (Å²) in [6.07, 6.45) is 3.58. The van der Waals surface area contributed by atoms with Gasteiger partial charge in [0.15, 0.2) is 0 Å². The number of ether oxygens (including phenoxy) is 1. The molecular weight excluding hydrogens is 428 g/mol. The maximum Gasteiger partial charge on any atom is 0.272 e. The molecule has 1 aliphatic heterocycles. The van der Waals surface area contributed by atoms with Crippen molar-refractivity contribution in [1.29, 1.82) is 0 Å². The standard InChI is InChI=1S/C26H26N6O2/c1-31-14-2-3-24(31)25(33)28-20-6-4-19(5-7-20)23-12-13-27-26(30-23)29-21-8-10-22(11-9-21)32-15-17-34-18-16-32/h2-14H,15-18H2,1H3,(H,28,33)(H,27,29,30). The molecule has 3 heterocycles. The number of rotatable bonds is 6. The molecule has 2 N–H and O–H groups in total. The third-order valence-electron chi connectivity index (χ3n) is 5.77. The molecule has 0 aliphatic carbocycles. The van der Waals surface area contributed by atoms with E-state index in [0.29, 0.717) is 11.6 Å². The van der Waals surface area contributed by atoms with Gasteiger partial charge in [-0.05, 0) is 54.6 Å². The normalized spacial score (nSPS) is 13.5. The average Bonchev–Trinajstić information content (AvgIpc) is 3.32. The third kappa shape index (κ3) is 4.92. The zero-order valence-corrected chi connectivity index (χ0v) is 18.9. The van der Waals surface area contributed by atoms with Crippen LogP contribution in [0.2, 0.25) is 0 Å². The Labute approximate surface area is 198 Å². The molecule has 0 unspecified atom stereocenters. The lowest BCUT2D eigenvalue weighted by Crippen LogP contribution is -2.36. The first-order valence-electron chi connectivity index (χ1n) is 11.2. The van der Waals surface area contributed by atoms with Gasteiger partial charge < -0.3 is 24.8 Å². The van der Waals surface area contributed by atoms with Crippen LogP contribution in [0.25, 0.3) is 11.3 Å². The Morgan fingerprint density at radius 1 is 0.941 bits per heavy atom. The fraction of sp³-hybridized carbons (Fsp3) is 0.192. The number of nitrogens with one attached hydrogen (secondary N) is 2. The van der Waals surface area contributed by atoms with Crippen molar-refractivity contribution in [2.75, 3.05) is 41.8 Å². The molecule has 8 nitrogen and oxygen atoms in total. The molecule has 34 heavy (non-hydrogen) atoms. The van der Waals surface area contributed by atoms with E-state index in [1.807, 2.05) is 61.8 Å². The number of amides is 1. The Morgan fingerprint density at radius 3 is 2.38 bits per heavy atom. The highest BCUT2D eigenvalue weighted by Crippen LogP contribution is 2.23. The Kier molecular flexibility index (Phi) is 6.22. The van der Waals surface area contributed by atoms with Gasteiger partial charge in [0.25, 0.3) is 5.91 Å². The minimum atomic E-state index is -0.145.